The Kier molecular flexibility index (Phi) is 5.00. The largest absolute Gasteiger partial charge is 0.517 e. The zero-order chi connectivity index (χ0) is 17.6. The van der Waals surface area contributed by atoms with E-state index < -0.39 is 0 Å². The maximum Gasteiger partial charge on any atom is 0.215 e. The summed E-state index contributed by atoms with van der Waals surface area (Å²) in [5.41, 5.74) is 0. The molecule has 5 heterocycles. The first-order chi connectivity index (χ1) is 12.7. The van der Waals surface area contributed by atoms with Gasteiger partial charge in [-0.1, -0.05) is 95.0 Å². The van der Waals surface area contributed by atoms with Crippen LogP contribution in [0.2, 0.25) is 35.9 Å². The monoisotopic (exact) mass is 355 g/mol. The van der Waals surface area contributed by atoms with E-state index in [0.717, 1.165) is 30.0 Å². The fraction of sp³-hybridized carbons (Fsp3) is 1.00. The van der Waals surface area contributed by atoms with E-state index in [-0.39, 0.29) is 6.28 Å². The summed E-state index contributed by atoms with van der Waals surface area (Å²) in [5.74, 6) is 4.54. The third kappa shape index (κ3) is 2.77. The highest BCUT2D eigenvalue weighted by molar-refractivity contribution is 6.76. The average Bonchev–Trinajstić information content (AvgIpc) is 2.92. The third-order valence-corrected chi connectivity index (χ3v) is 11.1. The van der Waals surface area contributed by atoms with Crippen molar-refractivity contribution in [2.75, 3.05) is 20.1 Å². The SMILES string of the molecule is C[N@+]1(CCCB2C3CCCC2CCC3)CCC[B-]12C1CCCC2CCC1. The van der Waals surface area contributed by atoms with Crippen LogP contribution in [0.25, 0.3) is 0 Å². The van der Waals surface area contributed by atoms with E-state index in [1.54, 1.807) is 113 Å². The molecule has 0 aromatic carbocycles. The van der Waals surface area contributed by atoms with Gasteiger partial charge in [0.2, 0.25) is 6.28 Å². The molecule has 5 fully saturated rings. The molecule has 0 unspecified atom stereocenters. The third-order valence-electron chi connectivity index (χ3n) is 11.1. The predicted octanol–water partition coefficient (Wildman–Crippen LogP) is 6.88. The average molecular weight is 355 g/mol. The van der Waals surface area contributed by atoms with Crippen LogP contribution in [0.4, 0.5) is 0 Å². The first-order valence-electron chi connectivity index (χ1n) is 12.8. The summed E-state index contributed by atoms with van der Waals surface area (Å²) in [4.78, 5) is 0. The molecule has 26 heavy (non-hydrogen) atoms. The van der Waals surface area contributed by atoms with Gasteiger partial charge in [0, 0.05) is 20.1 Å². The Balaban J connectivity index is 1.27. The zero-order valence-electron chi connectivity index (χ0n) is 17.6. The Labute approximate surface area is 163 Å². The minimum atomic E-state index is -0.0969. The highest BCUT2D eigenvalue weighted by Gasteiger charge is 2.58. The summed E-state index contributed by atoms with van der Waals surface area (Å²) >= 11 is 0. The molecule has 1 atom stereocenters. The van der Waals surface area contributed by atoms with Crippen molar-refractivity contribution < 1.29 is 4.39 Å². The molecular formula is C23H43B2N. The molecule has 0 aromatic heterocycles. The van der Waals surface area contributed by atoms with Crippen molar-refractivity contribution in [2.24, 2.45) is 0 Å². The molecule has 1 spiro atoms. The lowest BCUT2D eigenvalue weighted by Crippen LogP contribution is -2.69. The maximum absolute atomic E-state index is 2.74. The van der Waals surface area contributed by atoms with Crippen LogP contribution in [0.3, 0.4) is 0 Å². The molecule has 5 aliphatic rings. The van der Waals surface area contributed by atoms with Crippen molar-refractivity contribution in [2.45, 2.75) is 126 Å². The molecule has 0 amide bonds. The summed E-state index contributed by atoms with van der Waals surface area (Å²) < 4.78 is 1.55. The molecule has 1 nitrogen and oxygen atoms in total. The van der Waals surface area contributed by atoms with Crippen molar-refractivity contribution in [3.05, 3.63) is 0 Å². The van der Waals surface area contributed by atoms with Crippen LogP contribution in [-0.2, 0) is 0 Å². The summed E-state index contributed by atoms with van der Waals surface area (Å²) in [6.07, 6.45) is 25.1. The number of nitrogens with zero attached hydrogens (tertiary/aromatic N) is 1. The quantitative estimate of drug-likeness (QED) is 0.482. The van der Waals surface area contributed by atoms with Gasteiger partial charge >= 0.3 is 0 Å². The van der Waals surface area contributed by atoms with E-state index >= 15 is 0 Å². The fourth-order valence-corrected chi connectivity index (χ4v) is 10.3. The Morgan fingerprint density at radius 3 is 1.88 bits per heavy atom. The van der Waals surface area contributed by atoms with Gasteiger partial charge in [0.15, 0.2) is 0 Å². The van der Waals surface area contributed by atoms with Gasteiger partial charge < -0.3 is 4.39 Å². The van der Waals surface area contributed by atoms with Crippen molar-refractivity contribution in [1.29, 1.82) is 0 Å². The highest BCUT2D eigenvalue weighted by atomic mass is 15.3. The van der Waals surface area contributed by atoms with E-state index in [4.69, 9.17) is 0 Å². The van der Waals surface area contributed by atoms with Gasteiger partial charge in [-0.05, 0) is 12.8 Å². The van der Waals surface area contributed by atoms with Crippen LogP contribution < -0.4 is 0 Å². The summed E-state index contributed by atoms with van der Waals surface area (Å²) in [6, 6.07) is 0. The van der Waals surface area contributed by atoms with Crippen LogP contribution in [0.5, 0.6) is 0 Å². The van der Waals surface area contributed by atoms with Crippen molar-refractivity contribution in [1.82, 2.24) is 0 Å². The topological polar surface area (TPSA) is 0 Å². The predicted molar refractivity (Wildman–Crippen MR) is 117 cm³/mol. The first kappa shape index (κ1) is 18.1. The van der Waals surface area contributed by atoms with Gasteiger partial charge in [0.1, 0.15) is 6.71 Å². The van der Waals surface area contributed by atoms with Gasteiger partial charge in [0.25, 0.3) is 0 Å². The van der Waals surface area contributed by atoms with E-state index in [1.165, 1.54) is 6.54 Å². The summed E-state index contributed by atoms with van der Waals surface area (Å²) in [7, 11) is 2.74. The van der Waals surface area contributed by atoms with Gasteiger partial charge in [0.05, 0.1) is 0 Å². The molecule has 4 bridgehead atoms. The Morgan fingerprint density at radius 1 is 0.769 bits per heavy atom. The van der Waals surface area contributed by atoms with Crippen LogP contribution in [-0.4, -0.2) is 37.5 Å². The van der Waals surface area contributed by atoms with E-state index in [0.29, 0.717) is 0 Å². The van der Waals surface area contributed by atoms with E-state index in [9.17, 15) is 0 Å². The van der Waals surface area contributed by atoms with Crippen LogP contribution in [0.15, 0.2) is 0 Å². The number of quaternary nitrogens is 1. The smallest absolute Gasteiger partial charge is 0.215 e. The number of hydrogen-bond donors (Lipinski definition) is 0. The minimum absolute atomic E-state index is 0.0969. The van der Waals surface area contributed by atoms with Gasteiger partial charge in [-0.15, -0.1) is 18.0 Å². The van der Waals surface area contributed by atoms with Crippen molar-refractivity contribution >= 4 is 13.0 Å². The molecule has 0 radical (unpaired) electrons. The first-order valence-corrected chi connectivity index (χ1v) is 12.8. The van der Waals surface area contributed by atoms with Crippen LogP contribution in [0, 0.1) is 0 Å². The molecule has 0 aliphatic carbocycles. The molecule has 0 saturated carbocycles. The second-order valence-corrected chi connectivity index (χ2v) is 11.8. The Morgan fingerprint density at radius 2 is 1.31 bits per heavy atom. The normalized spacial score (nSPS) is 48.1. The van der Waals surface area contributed by atoms with Crippen LogP contribution >= 0.6 is 0 Å². The second kappa shape index (κ2) is 7.16. The molecule has 3 heteroatoms. The van der Waals surface area contributed by atoms with Crippen molar-refractivity contribution in [3.8, 4) is 0 Å². The molecular weight excluding hydrogens is 312 g/mol. The molecule has 5 rings (SSSR count). The maximum atomic E-state index is 2.74. The number of rotatable bonds is 4. The number of fused-ring (bicyclic) bond motifs is 2. The van der Waals surface area contributed by atoms with Gasteiger partial charge in [-0.25, -0.2) is 0 Å². The van der Waals surface area contributed by atoms with Crippen LogP contribution in [0.1, 0.15) is 89.9 Å². The fourth-order valence-electron chi connectivity index (χ4n) is 10.3. The highest BCUT2D eigenvalue weighted by Crippen LogP contribution is 2.60. The molecule has 0 aromatic rings. The number of hydrogen-bond acceptors (Lipinski definition) is 0. The zero-order valence-corrected chi connectivity index (χ0v) is 17.6. The van der Waals surface area contributed by atoms with Crippen molar-refractivity contribution in [3.63, 3.8) is 0 Å². The molecule has 146 valence electrons. The lowest BCUT2D eigenvalue weighted by molar-refractivity contribution is -0.809. The van der Waals surface area contributed by atoms with Gasteiger partial charge in [-0.3, -0.25) is 0 Å². The second-order valence-electron chi connectivity index (χ2n) is 11.8. The van der Waals surface area contributed by atoms with Gasteiger partial charge in [-0.2, -0.15) is 0 Å². The van der Waals surface area contributed by atoms with E-state index in [1.807, 2.05) is 0 Å². The van der Waals surface area contributed by atoms with E-state index in [2.05, 4.69) is 7.05 Å². The Bertz CT molecular complexity index is 464. The standard InChI is InChI=1S/C23H43B2N/c1-26(18-6-16-24-20-8-2-9-21(24)11-3-10-20)19-7-17-25(26)22-12-4-13-23(25)15-5-14-22/h20-23H,2-19H2,1H3/t20?,21?,22?,23?,25?,26-/m0/s1. The lowest BCUT2D eigenvalue weighted by atomic mass is 9.14. The molecule has 5 aliphatic heterocycles. The molecule has 5 saturated heterocycles. The minimum Gasteiger partial charge on any atom is -0.517 e. The summed E-state index contributed by atoms with van der Waals surface area (Å²) in [6.45, 7) is 4.20. The Hall–Kier alpha value is 0.0899. The summed E-state index contributed by atoms with van der Waals surface area (Å²) in [5, 5.41) is 0. The molecule has 0 N–H and O–H groups in total. The lowest BCUT2D eigenvalue weighted by Gasteiger charge is -2.65.